The van der Waals surface area contributed by atoms with Crippen LogP contribution >= 0.6 is 0 Å². The molecule has 1 aromatic heterocycles. The third kappa shape index (κ3) is 3.46. The predicted molar refractivity (Wildman–Crippen MR) is 110 cm³/mol. The van der Waals surface area contributed by atoms with E-state index in [1.165, 1.54) is 5.56 Å². The smallest absolute Gasteiger partial charge is 0.228 e. The lowest BCUT2D eigenvalue weighted by Crippen LogP contribution is -2.50. The highest BCUT2D eigenvalue weighted by molar-refractivity contribution is 5.87. The average molecular weight is 389 g/mol. The molecule has 2 aliphatic rings. The lowest BCUT2D eigenvalue weighted by Gasteiger charge is -2.35. The number of rotatable bonds is 7. The Morgan fingerprint density at radius 3 is 2.57 bits per heavy atom. The van der Waals surface area contributed by atoms with Gasteiger partial charge >= 0.3 is 0 Å². The molecule has 6 nitrogen and oxygen atoms in total. The van der Waals surface area contributed by atoms with Crippen LogP contribution in [-0.2, 0) is 23.1 Å². The van der Waals surface area contributed by atoms with E-state index in [1.807, 2.05) is 18.7 Å². The van der Waals surface area contributed by atoms with Crippen molar-refractivity contribution < 1.29 is 9.59 Å². The van der Waals surface area contributed by atoms with Crippen LogP contribution in [0.1, 0.15) is 69.8 Å². The Morgan fingerprint density at radius 1 is 1.29 bits per heavy atom. The maximum atomic E-state index is 13.2. The first-order valence-electron chi connectivity index (χ1n) is 10.8. The van der Waals surface area contributed by atoms with E-state index in [-0.39, 0.29) is 23.9 Å². The molecule has 0 radical (unpaired) electrons. The van der Waals surface area contributed by atoms with Gasteiger partial charge < -0.3 is 10.2 Å². The minimum absolute atomic E-state index is 0.0539. The summed E-state index contributed by atoms with van der Waals surface area (Å²) in [7, 11) is 1.94. The highest BCUT2D eigenvalue weighted by Gasteiger charge is 2.59. The van der Waals surface area contributed by atoms with E-state index in [1.54, 1.807) is 0 Å². The van der Waals surface area contributed by atoms with E-state index in [2.05, 4.69) is 43.0 Å². The first-order chi connectivity index (χ1) is 13.2. The van der Waals surface area contributed by atoms with Gasteiger partial charge in [-0.2, -0.15) is 5.10 Å². The van der Waals surface area contributed by atoms with Gasteiger partial charge in [-0.1, -0.05) is 20.8 Å². The minimum atomic E-state index is -0.409. The van der Waals surface area contributed by atoms with Crippen LogP contribution < -0.4 is 5.32 Å². The predicted octanol–water partition coefficient (Wildman–Crippen LogP) is 2.90. The van der Waals surface area contributed by atoms with Crippen LogP contribution in [0.15, 0.2) is 0 Å². The zero-order valence-electron chi connectivity index (χ0n) is 18.3. The van der Waals surface area contributed by atoms with Crippen molar-refractivity contribution in [2.75, 3.05) is 6.54 Å². The molecule has 1 aromatic rings. The zero-order chi connectivity index (χ0) is 20.6. The molecule has 156 valence electrons. The van der Waals surface area contributed by atoms with Crippen LogP contribution in [-0.4, -0.2) is 45.1 Å². The summed E-state index contributed by atoms with van der Waals surface area (Å²) in [6.45, 7) is 11.1. The van der Waals surface area contributed by atoms with E-state index in [4.69, 9.17) is 0 Å². The number of aryl methyl sites for hydroxylation is 2. The molecule has 0 aliphatic carbocycles. The second kappa shape index (κ2) is 7.88. The molecule has 6 heteroatoms. The summed E-state index contributed by atoms with van der Waals surface area (Å²) in [5, 5.41) is 7.61. The zero-order valence-corrected chi connectivity index (χ0v) is 18.3. The average Bonchev–Trinajstić information content (AvgIpc) is 3.28. The summed E-state index contributed by atoms with van der Waals surface area (Å²) in [4.78, 5) is 28.3. The molecule has 0 aromatic carbocycles. The first-order valence-corrected chi connectivity index (χ1v) is 10.8. The Hall–Kier alpha value is -1.85. The Labute approximate surface area is 169 Å². The Bertz CT molecular complexity index is 754. The summed E-state index contributed by atoms with van der Waals surface area (Å²) in [5.74, 6) is 0.773. The van der Waals surface area contributed by atoms with Gasteiger partial charge in [0.25, 0.3) is 0 Å². The van der Waals surface area contributed by atoms with Crippen LogP contribution in [0.5, 0.6) is 0 Å². The number of hydrogen-bond donors (Lipinski definition) is 1. The van der Waals surface area contributed by atoms with Gasteiger partial charge in [-0.3, -0.25) is 14.3 Å². The third-order valence-electron chi connectivity index (χ3n) is 7.03. The Morgan fingerprint density at radius 2 is 2.00 bits per heavy atom. The monoisotopic (exact) mass is 388 g/mol. The van der Waals surface area contributed by atoms with E-state index in [0.717, 1.165) is 43.5 Å². The number of carbonyl (C=O) groups is 2. The molecule has 2 bridgehead atoms. The molecular weight excluding hydrogens is 352 g/mol. The van der Waals surface area contributed by atoms with E-state index >= 15 is 0 Å². The van der Waals surface area contributed by atoms with Crippen molar-refractivity contribution in [3.05, 3.63) is 17.0 Å². The molecule has 2 fully saturated rings. The standard InChI is InChI=1S/C22H36N4O2/c1-7-22(21(28)23-13-14(2)3)12-17-8-10-19(22)26(17)20(27)11-9-18-15(4)24-25(6)16(18)5/h14,17,19H,7-13H2,1-6H3,(H,23,28)/t17-,19+,22+/m1/s1. The summed E-state index contributed by atoms with van der Waals surface area (Å²) in [6, 6.07) is 0.275. The van der Waals surface area contributed by atoms with Crippen LogP contribution in [0.25, 0.3) is 0 Å². The fourth-order valence-electron chi connectivity index (χ4n) is 5.36. The number of nitrogens with one attached hydrogen (secondary N) is 1. The summed E-state index contributed by atoms with van der Waals surface area (Å²) < 4.78 is 1.88. The van der Waals surface area contributed by atoms with Crippen molar-refractivity contribution in [2.45, 2.75) is 85.2 Å². The van der Waals surface area contributed by atoms with Gasteiger partial charge in [0.15, 0.2) is 0 Å². The molecule has 28 heavy (non-hydrogen) atoms. The summed E-state index contributed by atoms with van der Waals surface area (Å²) >= 11 is 0. The number of aromatic nitrogens is 2. The van der Waals surface area contributed by atoms with Gasteiger partial charge in [-0.25, -0.2) is 0 Å². The van der Waals surface area contributed by atoms with Crippen molar-refractivity contribution in [1.82, 2.24) is 20.0 Å². The fraction of sp³-hybridized carbons (Fsp3) is 0.773. The number of hydrogen-bond acceptors (Lipinski definition) is 3. The van der Waals surface area contributed by atoms with Gasteiger partial charge in [0.05, 0.1) is 11.1 Å². The Kier molecular flexibility index (Phi) is 5.87. The van der Waals surface area contributed by atoms with Crippen LogP contribution in [0.2, 0.25) is 0 Å². The van der Waals surface area contributed by atoms with Gasteiger partial charge in [0.1, 0.15) is 0 Å². The lowest BCUT2D eigenvalue weighted by molar-refractivity contribution is -0.137. The maximum Gasteiger partial charge on any atom is 0.228 e. The van der Waals surface area contributed by atoms with Crippen molar-refractivity contribution in [1.29, 1.82) is 0 Å². The molecule has 0 spiro atoms. The van der Waals surface area contributed by atoms with Crippen molar-refractivity contribution in [3.63, 3.8) is 0 Å². The molecular formula is C22H36N4O2. The van der Waals surface area contributed by atoms with Crippen molar-refractivity contribution >= 4 is 11.8 Å². The topological polar surface area (TPSA) is 67.2 Å². The second-order valence-corrected chi connectivity index (χ2v) is 9.14. The molecule has 2 amide bonds. The molecule has 0 saturated carbocycles. The Balaban J connectivity index is 1.71. The number of nitrogens with zero attached hydrogens (tertiary/aromatic N) is 3. The van der Waals surface area contributed by atoms with Gasteiger partial charge in [-0.05, 0) is 57.4 Å². The molecule has 1 N–H and O–H groups in total. The fourth-order valence-corrected chi connectivity index (χ4v) is 5.36. The van der Waals surface area contributed by atoms with Crippen molar-refractivity contribution in [3.8, 4) is 0 Å². The van der Waals surface area contributed by atoms with Gasteiger partial charge in [0, 0.05) is 37.8 Å². The second-order valence-electron chi connectivity index (χ2n) is 9.14. The highest BCUT2D eigenvalue weighted by Crippen LogP contribution is 2.52. The molecule has 3 heterocycles. The minimum Gasteiger partial charge on any atom is -0.355 e. The van der Waals surface area contributed by atoms with E-state index < -0.39 is 5.41 Å². The van der Waals surface area contributed by atoms with Crippen LogP contribution in [0.4, 0.5) is 0 Å². The molecule has 3 atom stereocenters. The quantitative estimate of drug-likeness (QED) is 0.781. The maximum absolute atomic E-state index is 13.2. The van der Waals surface area contributed by atoms with Crippen LogP contribution in [0.3, 0.4) is 0 Å². The third-order valence-corrected chi connectivity index (χ3v) is 7.03. The largest absolute Gasteiger partial charge is 0.355 e. The highest BCUT2D eigenvalue weighted by atomic mass is 16.2. The van der Waals surface area contributed by atoms with Gasteiger partial charge in [0.2, 0.25) is 11.8 Å². The number of carbonyl (C=O) groups excluding carboxylic acids is 2. The SMILES string of the molecule is CC[C@]1(C(=O)NCC(C)C)C[C@H]2CC[C@@H]1N2C(=O)CCc1c(C)nn(C)c1C. The first kappa shape index (κ1) is 20.9. The van der Waals surface area contributed by atoms with Gasteiger partial charge in [-0.15, -0.1) is 0 Å². The summed E-state index contributed by atoms with van der Waals surface area (Å²) in [6.07, 6.45) is 4.80. The molecule has 3 rings (SSSR count). The number of amides is 2. The lowest BCUT2D eigenvalue weighted by atomic mass is 9.71. The molecule has 2 aliphatic heterocycles. The number of fused-ring (bicyclic) bond motifs is 2. The van der Waals surface area contributed by atoms with E-state index in [0.29, 0.717) is 18.9 Å². The molecule has 2 saturated heterocycles. The van der Waals surface area contributed by atoms with E-state index in [9.17, 15) is 9.59 Å². The van der Waals surface area contributed by atoms with Crippen molar-refractivity contribution in [2.24, 2.45) is 18.4 Å². The molecule has 0 unspecified atom stereocenters. The summed E-state index contributed by atoms with van der Waals surface area (Å²) in [5.41, 5.74) is 2.91. The van der Waals surface area contributed by atoms with Crippen LogP contribution in [0, 0.1) is 25.2 Å². The normalized spacial score (nSPS) is 26.3.